The molecule has 0 unspecified atom stereocenters. The van der Waals surface area contributed by atoms with Crippen LogP contribution in [0.3, 0.4) is 0 Å². The van der Waals surface area contributed by atoms with Gasteiger partial charge in [0.15, 0.2) is 0 Å². The zero-order chi connectivity index (χ0) is 11.4. The highest BCUT2D eigenvalue weighted by atomic mass is 79.9. The highest BCUT2D eigenvalue weighted by Crippen LogP contribution is 2.14. The van der Waals surface area contributed by atoms with E-state index in [9.17, 15) is 4.79 Å². The molecule has 1 heterocycles. The maximum absolute atomic E-state index is 11.7. The van der Waals surface area contributed by atoms with E-state index in [4.69, 9.17) is 0 Å². The van der Waals surface area contributed by atoms with Crippen LogP contribution in [0.15, 0.2) is 33.8 Å². The van der Waals surface area contributed by atoms with Crippen LogP contribution < -0.4 is 5.43 Å². The number of hydrazone groups is 1. The summed E-state index contributed by atoms with van der Waals surface area (Å²) in [5, 5.41) is 4.11. The molecule has 1 saturated heterocycles. The molecule has 0 bridgehead atoms. The second kappa shape index (κ2) is 5.50. The minimum atomic E-state index is -0.156. The number of carbonyl (C=O) groups excluding carboxylic acids is 1. The van der Waals surface area contributed by atoms with Crippen molar-refractivity contribution in [2.24, 2.45) is 5.10 Å². The lowest BCUT2D eigenvalue weighted by atomic mass is 10.2. The van der Waals surface area contributed by atoms with Crippen LogP contribution in [0.2, 0.25) is 0 Å². The summed E-state index contributed by atoms with van der Waals surface area (Å²) >= 11 is 5.17. The summed E-state index contributed by atoms with van der Waals surface area (Å²) in [5.74, 6) is 1.88. The number of benzene rings is 1. The van der Waals surface area contributed by atoms with Gasteiger partial charge in [0.25, 0.3) is 5.91 Å². The monoisotopic (exact) mass is 298 g/mol. The van der Waals surface area contributed by atoms with E-state index in [1.54, 1.807) is 12.1 Å². The summed E-state index contributed by atoms with van der Waals surface area (Å²) in [6.45, 7) is 0. The molecule has 3 nitrogen and oxygen atoms in total. The number of nitrogens with zero attached hydrogens (tertiary/aromatic N) is 1. The lowest BCUT2D eigenvalue weighted by Crippen LogP contribution is -2.19. The zero-order valence-corrected chi connectivity index (χ0v) is 11.0. The van der Waals surface area contributed by atoms with Gasteiger partial charge in [0.1, 0.15) is 0 Å². The molecule has 16 heavy (non-hydrogen) atoms. The Morgan fingerprint density at radius 1 is 1.38 bits per heavy atom. The van der Waals surface area contributed by atoms with Crippen LogP contribution in [-0.2, 0) is 0 Å². The minimum Gasteiger partial charge on any atom is -0.267 e. The Hall–Kier alpha value is -0.810. The number of halogens is 1. The number of thioether (sulfide) groups is 1. The summed E-state index contributed by atoms with van der Waals surface area (Å²) < 4.78 is 0.961. The Bertz CT molecular complexity index is 408. The quantitative estimate of drug-likeness (QED) is 0.853. The number of hydrogen-bond acceptors (Lipinski definition) is 3. The fraction of sp³-hybridized carbons (Fsp3) is 0.273. The first kappa shape index (κ1) is 11.7. The Labute approximate surface area is 107 Å². The Morgan fingerprint density at radius 2 is 2.12 bits per heavy atom. The van der Waals surface area contributed by atoms with Crippen LogP contribution >= 0.6 is 27.7 Å². The first-order valence-corrected chi connectivity index (χ1v) is 6.89. The van der Waals surface area contributed by atoms with Crippen LogP contribution in [0.1, 0.15) is 16.8 Å². The summed E-state index contributed by atoms with van der Waals surface area (Å²) in [4.78, 5) is 11.7. The van der Waals surface area contributed by atoms with Crippen LogP contribution in [0.25, 0.3) is 0 Å². The molecule has 1 fully saturated rings. The number of carbonyl (C=O) groups is 1. The summed E-state index contributed by atoms with van der Waals surface area (Å²) in [6.07, 6.45) is 0.977. The molecular weight excluding hydrogens is 288 g/mol. The lowest BCUT2D eigenvalue weighted by molar-refractivity contribution is 0.0954. The Morgan fingerprint density at radius 3 is 2.75 bits per heavy atom. The van der Waals surface area contributed by atoms with E-state index in [1.165, 1.54) is 0 Å². The van der Waals surface area contributed by atoms with E-state index in [0.29, 0.717) is 5.56 Å². The summed E-state index contributed by atoms with van der Waals surface area (Å²) in [7, 11) is 0. The largest absolute Gasteiger partial charge is 0.271 e. The Balaban J connectivity index is 1.97. The van der Waals surface area contributed by atoms with E-state index in [0.717, 1.165) is 28.1 Å². The number of amides is 1. The van der Waals surface area contributed by atoms with Gasteiger partial charge in [-0.05, 0) is 36.4 Å². The average Bonchev–Trinajstić information content (AvgIpc) is 2.80. The summed E-state index contributed by atoms with van der Waals surface area (Å²) in [6, 6.07) is 7.22. The first-order valence-electron chi connectivity index (χ1n) is 4.95. The molecule has 5 heteroatoms. The molecule has 1 aliphatic heterocycles. The molecule has 0 saturated carbocycles. The SMILES string of the molecule is O=C(N/N=C1/CCSC1)c1ccc(Br)cc1. The van der Waals surface area contributed by atoms with Gasteiger partial charge in [0, 0.05) is 21.5 Å². The van der Waals surface area contributed by atoms with Gasteiger partial charge in [-0.1, -0.05) is 15.9 Å². The topological polar surface area (TPSA) is 41.5 Å². The standard InChI is InChI=1S/C11H11BrN2OS/c12-9-3-1-8(2-4-9)11(15)14-13-10-5-6-16-7-10/h1-4H,5-7H2,(H,14,15)/b13-10-. The molecule has 1 N–H and O–H groups in total. The second-order valence-corrected chi connectivity index (χ2v) is 5.45. The lowest BCUT2D eigenvalue weighted by Gasteiger charge is -2.01. The second-order valence-electron chi connectivity index (χ2n) is 3.43. The van der Waals surface area contributed by atoms with E-state index in [-0.39, 0.29) is 5.91 Å². The maximum atomic E-state index is 11.7. The van der Waals surface area contributed by atoms with Crippen LogP contribution in [-0.4, -0.2) is 23.1 Å². The molecule has 1 aromatic carbocycles. The molecule has 0 radical (unpaired) electrons. The fourth-order valence-electron chi connectivity index (χ4n) is 1.34. The number of hydrogen-bond donors (Lipinski definition) is 1. The van der Waals surface area contributed by atoms with Gasteiger partial charge in [-0.15, -0.1) is 0 Å². The van der Waals surface area contributed by atoms with Gasteiger partial charge in [0.2, 0.25) is 0 Å². The zero-order valence-electron chi connectivity index (χ0n) is 8.57. The van der Waals surface area contributed by atoms with Crippen molar-refractivity contribution >= 4 is 39.3 Å². The fourth-order valence-corrected chi connectivity index (χ4v) is 2.57. The number of rotatable bonds is 2. The molecule has 84 valence electrons. The summed E-state index contributed by atoms with van der Waals surface area (Å²) in [5.41, 5.74) is 4.27. The smallest absolute Gasteiger partial charge is 0.267 e. The van der Waals surface area contributed by atoms with Crippen molar-refractivity contribution in [1.82, 2.24) is 5.43 Å². The van der Waals surface area contributed by atoms with Gasteiger partial charge in [-0.25, -0.2) is 5.43 Å². The van der Waals surface area contributed by atoms with Gasteiger partial charge >= 0.3 is 0 Å². The number of nitrogens with one attached hydrogen (secondary N) is 1. The molecule has 0 aliphatic carbocycles. The van der Waals surface area contributed by atoms with E-state index >= 15 is 0 Å². The van der Waals surface area contributed by atoms with Gasteiger partial charge in [-0.3, -0.25) is 4.79 Å². The van der Waals surface area contributed by atoms with Crippen molar-refractivity contribution < 1.29 is 4.79 Å². The minimum absolute atomic E-state index is 0.156. The predicted octanol–water partition coefficient (Wildman–Crippen LogP) is 2.67. The van der Waals surface area contributed by atoms with Crippen molar-refractivity contribution in [1.29, 1.82) is 0 Å². The van der Waals surface area contributed by atoms with Crippen LogP contribution in [0.4, 0.5) is 0 Å². The molecule has 1 aliphatic rings. The van der Waals surface area contributed by atoms with Crippen molar-refractivity contribution in [3.63, 3.8) is 0 Å². The van der Waals surface area contributed by atoms with E-state index < -0.39 is 0 Å². The molecule has 0 spiro atoms. The van der Waals surface area contributed by atoms with Crippen molar-refractivity contribution in [2.45, 2.75) is 6.42 Å². The van der Waals surface area contributed by atoms with Crippen molar-refractivity contribution in [3.8, 4) is 0 Å². The third kappa shape index (κ3) is 3.09. The van der Waals surface area contributed by atoms with E-state index in [2.05, 4.69) is 26.5 Å². The predicted molar refractivity (Wildman–Crippen MR) is 71.0 cm³/mol. The third-order valence-corrected chi connectivity index (χ3v) is 3.78. The molecular formula is C11H11BrN2OS. The van der Waals surface area contributed by atoms with Crippen molar-refractivity contribution in [3.05, 3.63) is 34.3 Å². The van der Waals surface area contributed by atoms with Gasteiger partial charge in [-0.2, -0.15) is 16.9 Å². The van der Waals surface area contributed by atoms with E-state index in [1.807, 2.05) is 23.9 Å². The van der Waals surface area contributed by atoms with Gasteiger partial charge < -0.3 is 0 Å². The molecule has 1 amide bonds. The van der Waals surface area contributed by atoms with Crippen molar-refractivity contribution in [2.75, 3.05) is 11.5 Å². The molecule has 2 rings (SSSR count). The normalized spacial score (nSPS) is 17.7. The maximum Gasteiger partial charge on any atom is 0.271 e. The van der Waals surface area contributed by atoms with Crippen LogP contribution in [0, 0.1) is 0 Å². The molecule has 1 aromatic rings. The molecule has 0 atom stereocenters. The van der Waals surface area contributed by atoms with Gasteiger partial charge in [0.05, 0.1) is 0 Å². The first-order chi connectivity index (χ1) is 7.75. The highest BCUT2D eigenvalue weighted by molar-refractivity contribution is 9.10. The molecule has 0 aromatic heterocycles. The average molecular weight is 299 g/mol. The Kier molecular flexibility index (Phi) is 4.01. The van der Waals surface area contributed by atoms with Crippen LogP contribution in [0.5, 0.6) is 0 Å². The highest BCUT2D eigenvalue weighted by Gasteiger charge is 2.09. The third-order valence-electron chi connectivity index (χ3n) is 2.23.